The third kappa shape index (κ3) is 7.38. The van der Waals surface area contributed by atoms with Gasteiger partial charge in [-0.1, -0.05) is 62.3 Å². The van der Waals surface area contributed by atoms with E-state index in [4.69, 9.17) is 5.26 Å². The fourth-order valence-electron chi connectivity index (χ4n) is 5.96. The summed E-state index contributed by atoms with van der Waals surface area (Å²) in [6.07, 6.45) is 21.9. The van der Waals surface area contributed by atoms with Crippen molar-refractivity contribution < 1.29 is 0 Å². The first-order valence-corrected chi connectivity index (χ1v) is 13.0. The van der Waals surface area contributed by atoms with Crippen molar-refractivity contribution >= 4 is 0 Å². The van der Waals surface area contributed by atoms with Crippen molar-refractivity contribution in [2.45, 2.75) is 103 Å². The van der Waals surface area contributed by atoms with Gasteiger partial charge in [0.25, 0.3) is 0 Å². The zero-order valence-corrected chi connectivity index (χ0v) is 19.8. The van der Waals surface area contributed by atoms with Crippen LogP contribution in [0, 0.1) is 29.1 Å². The molecule has 0 atom stereocenters. The number of aryl methyl sites for hydroxylation is 1. The van der Waals surface area contributed by atoms with Crippen molar-refractivity contribution in [3.63, 3.8) is 0 Å². The van der Waals surface area contributed by atoms with E-state index in [1.807, 2.05) is 6.08 Å². The van der Waals surface area contributed by atoms with E-state index in [-0.39, 0.29) is 0 Å². The zero-order valence-electron chi connectivity index (χ0n) is 19.8. The highest BCUT2D eigenvalue weighted by Gasteiger charge is 2.29. The number of hydrogen-bond donors (Lipinski definition) is 0. The van der Waals surface area contributed by atoms with E-state index < -0.39 is 0 Å². The zero-order chi connectivity index (χ0) is 21.9. The fourth-order valence-corrected chi connectivity index (χ4v) is 5.96. The Hall–Kier alpha value is -1.81. The molecule has 0 amide bonds. The fraction of sp³-hybridized carbons (Fsp3) is 0.633. The summed E-state index contributed by atoms with van der Waals surface area (Å²) in [6.45, 7) is 6.89. The lowest BCUT2D eigenvalue weighted by atomic mass is 9.69. The Morgan fingerprint density at radius 2 is 1.61 bits per heavy atom. The quantitative estimate of drug-likeness (QED) is 0.212. The molecular weight excluding hydrogens is 374 g/mol. The maximum absolute atomic E-state index is 8.60. The second-order valence-electron chi connectivity index (χ2n) is 10.1. The molecule has 31 heavy (non-hydrogen) atoms. The van der Waals surface area contributed by atoms with Crippen molar-refractivity contribution in [2.75, 3.05) is 0 Å². The van der Waals surface area contributed by atoms with Crippen LogP contribution in [0.4, 0.5) is 0 Å². The van der Waals surface area contributed by atoms with Crippen molar-refractivity contribution in [1.29, 1.82) is 5.26 Å². The Balaban J connectivity index is 1.39. The van der Waals surface area contributed by atoms with Gasteiger partial charge in [0, 0.05) is 6.08 Å². The molecule has 0 bridgehead atoms. The summed E-state index contributed by atoms with van der Waals surface area (Å²) >= 11 is 0. The summed E-state index contributed by atoms with van der Waals surface area (Å²) in [7, 11) is 0. The van der Waals surface area contributed by atoms with Crippen LogP contribution in [0.2, 0.25) is 0 Å². The Kier molecular flexibility index (Phi) is 9.92. The maximum atomic E-state index is 8.60. The summed E-state index contributed by atoms with van der Waals surface area (Å²) < 4.78 is 0. The minimum atomic E-state index is 0.754. The number of benzene rings is 1. The normalized spacial score (nSPS) is 26.6. The summed E-state index contributed by atoms with van der Waals surface area (Å²) in [5, 5.41) is 8.60. The van der Waals surface area contributed by atoms with Gasteiger partial charge in [-0.25, -0.2) is 0 Å². The molecule has 0 unspecified atom stereocenters. The topological polar surface area (TPSA) is 23.8 Å². The van der Waals surface area contributed by atoms with Gasteiger partial charge >= 0.3 is 0 Å². The van der Waals surface area contributed by atoms with Crippen molar-refractivity contribution in [2.24, 2.45) is 17.8 Å². The van der Waals surface area contributed by atoms with E-state index >= 15 is 0 Å². The molecule has 1 aromatic rings. The van der Waals surface area contributed by atoms with Gasteiger partial charge in [0.15, 0.2) is 0 Å². The van der Waals surface area contributed by atoms with Gasteiger partial charge in [0.05, 0.1) is 6.07 Å². The van der Waals surface area contributed by atoms with Gasteiger partial charge in [-0.2, -0.15) is 5.26 Å². The summed E-state index contributed by atoms with van der Waals surface area (Å²) in [6, 6.07) is 11.7. The molecule has 2 saturated carbocycles. The first-order chi connectivity index (χ1) is 15.2. The van der Waals surface area contributed by atoms with Crippen LogP contribution in [-0.4, -0.2) is 0 Å². The molecule has 0 heterocycles. The van der Waals surface area contributed by atoms with E-state index in [0.29, 0.717) is 0 Å². The molecular formula is C30H43N. The second-order valence-corrected chi connectivity index (χ2v) is 10.1. The van der Waals surface area contributed by atoms with Gasteiger partial charge in [-0.05, 0) is 112 Å². The molecule has 3 rings (SSSR count). The molecule has 1 nitrogen and oxygen atoms in total. The van der Waals surface area contributed by atoms with E-state index in [2.05, 4.69) is 43.8 Å². The predicted molar refractivity (Wildman–Crippen MR) is 133 cm³/mol. The predicted octanol–water partition coefficient (Wildman–Crippen LogP) is 8.92. The SMILES string of the molecule is C=C(C1CCC(CC/C=C/C#N)CC1)C1CCC(c2ccc(CCCCC)cc2)CC1. The molecule has 0 N–H and O–H groups in total. The molecule has 2 aliphatic rings. The first-order valence-electron chi connectivity index (χ1n) is 13.0. The van der Waals surface area contributed by atoms with Gasteiger partial charge < -0.3 is 0 Å². The van der Waals surface area contributed by atoms with Crippen molar-refractivity contribution in [1.82, 2.24) is 0 Å². The van der Waals surface area contributed by atoms with E-state index in [1.165, 1.54) is 89.0 Å². The monoisotopic (exact) mass is 417 g/mol. The van der Waals surface area contributed by atoms with Crippen LogP contribution < -0.4 is 0 Å². The molecule has 0 aliphatic heterocycles. The molecule has 168 valence electrons. The van der Waals surface area contributed by atoms with E-state index in [0.717, 1.165) is 30.1 Å². The number of allylic oxidation sites excluding steroid dienone is 3. The highest BCUT2D eigenvalue weighted by Crippen LogP contribution is 2.44. The lowest BCUT2D eigenvalue weighted by Crippen LogP contribution is -2.22. The summed E-state index contributed by atoms with van der Waals surface area (Å²) in [4.78, 5) is 0. The van der Waals surface area contributed by atoms with Gasteiger partial charge in [-0.3, -0.25) is 0 Å². The van der Waals surface area contributed by atoms with Crippen molar-refractivity contribution in [3.8, 4) is 6.07 Å². The molecule has 0 radical (unpaired) electrons. The Morgan fingerprint density at radius 1 is 0.968 bits per heavy atom. The molecule has 2 fully saturated rings. The molecule has 2 aliphatic carbocycles. The van der Waals surface area contributed by atoms with Gasteiger partial charge in [0.2, 0.25) is 0 Å². The summed E-state index contributed by atoms with van der Waals surface area (Å²) in [5.41, 5.74) is 4.65. The van der Waals surface area contributed by atoms with Crippen LogP contribution in [0.15, 0.2) is 48.6 Å². The first kappa shape index (κ1) is 23.8. The highest BCUT2D eigenvalue weighted by atomic mass is 14.3. The minimum absolute atomic E-state index is 0.754. The molecule has 0 spiro atoms. The number of nitriles is 1. The highest BCUT2D eigenvalue weighted by molar-refractivity contribution is 5.26. The lowest BCUT2D eigenvalue weighted by molar-refractivity contribution is 0.260. The van der Waals surface area contributed by atoms with Gasteiger partial charge in [0.1, 0.15) is 0 Å². The Bertz CT molecular complexity index is 719. The largest absolute Gasteiger partial charge is 0.193 e. The van der Waals surface area contributed by atoms with E-state index in [9.17, 15) is 0 Å². The summed E-state index contributed by atoms with van der Waals surface area (Å²) in [5.74, 6) is 3.12. The van der Waals surface area contributed by atoms with Crippen LogP contribution in [0.5, 0.6) is 0 Å². The third-order valence-electron chi connectivity index (χ3n) is 8.08. The van der Waals surface area contributed by atoms with Gasteiger partial charge in [-0.15, -0.1) is 0 Å². The van der Waals surface area contributed by atoms with E-state index in [1.54, 1.807) is 17.2 Å². The van der Waals surface area contributed by atoms with Crippen LogP contribution in [0.25, 0.3) is 0 Å². The average molecular weight is 418 g/mol. The number of unbranched alkanes of at least 4 members (excludes halogenated alkanes) is 2. The molecule has 1 aromatic carbocycles. The molecule has 0 saturated heterocycles. The third-order valence-corrected chi connectivity index (χ3v) is 8.08. The van der Waals surface area contributed by atoms with Crippen LogP contribution in [-0.2, 0) is 6.42 Å². The van der Waals surface area contributed by atoms with Crippen LogP contribution >= 0.6 is 0 Å². The maximum Gasteiger partial charge on any atom is 0.0908 e. The smallest absolute Gasteiger partial charge is 0.0908 e. The number of rotatable bonds is 10. The standard InChI is InChI=1S/C30H43N/c1-3-4-6-9-25-13-17-29(18-14-25)30-21-19-28(20-22-30)24(2)27-15-11-26(12-16-27)10-7-5-8-23-31/h5,8,13-14,17-18,26-28,30H,2-4,6-7,9-12,15-16,19-22H2,1H3/b8-5+. The molecule has 0 aromatic heterocycles. The van der Waals surface area contributed by atoms with Crippen molar-refractivity contribution in [3.05, 3.63) is 59.7 Å². The second kappa shape index (κ2) is 12.9. The Labute approximate surface area is 191 Å². The lowest BCUT2D eigenvalue weighted by Gasteiger charge is -2.36. The number of hydrogen-bond acceptors (Lipinski definition) is 1. The molecule has 1 heteroatoms. The van der Waals surface area contributed by atoms with Crippen LogP contribution in [0.3, 0.4) is 0 Å². The average Bonchev–Trinajstić information content (AvgIpc) is 2.83. The Morgan fingerprint density at radius 3 is 2.23 bits per heavy atom. The van der Waals surface area contributed by atoms with Crippen LogP contribution in [0.1, 0.15) is 107 Å². The minimum Gasteiger partial charge on any atom is -0.193 e. The number of nitrogens with zero attached hydrogens (tertiary/aromatic N) is 1.